The van der Waals surface area contributed by atoms with Gasteiger partial charge in [-0.05, 0) is 49.9 Å². The molecule has 1 aromatic carbocycles. The molecule has 41 heavy (non-hydrogen) atoms. The van der Waals surface area contributed by atoms with Crippen LogP contribution in [0.1, 0.15) is 52.9 Å². The number of carbonyl (C=O) groups is 2. The van der Waals surface area contributed by atoms with Crippen molar-refractivity contribution in [2.75, 3.05) is 36.8 Å². The van der Waals surface area contributed by atoms with E-state index in [2.05, 4.69) is 20.6 Å². The molecule has 5 rings (SSSR count). The molecule has 9 nitrogen and oxygen atoms in total. The third kappa shape index (κ3) is 4.93. The van der Waals surface area contributed by atoms with Gasteiger partial charge < -0.3 is 20.4 Å². The molecule has 2 N–H and O–H groups in total. The normalized spacial score (nSPS) is 19.1. The van der Waals surface area contributed by atoms with Crippen molar-refractivity contribution in [1.29, 1.82) is 0 Å². The predicted molar refractivity (Wildman–Crippen MR) is 146 cm³/mol. The highest BCUT2D eigenvalue weighted by Gasteiger charge is 2.45. The average molecular weight is 592 g/mol. The maximum atomic E-state index is 15.7. The summed E-state index contributed by atoms with van der Waals surface area (Å²) in [5.41, 5.74) is -0.881. The van der Waals surface area contributed by atoms with E-state index >= 15 is 13.3 Å². The van der Waals surface area contributed by atoms with Crippen LogP contribution in [0.25, 0.3) is 11.6 Å². The smallest absolute Gasteiger partial charge is 0.258 e. The summed E-state index contributed by atoms with van der Waals surface area (Å²) in [6, 6.07) is 3.86. The maximum Gasteiger partial charge on any atom is 0.258 e. The molecule has 2 amide bonds. The topological polar surface area (TPSA) is 95.4 Å². The Labute approximate surface area is 237 Å². The molecule has 2 unspecified atom stereocenters. The summed E-state index contributed by atoms with van der Waals surface area (Å²) < 4.78 is 59.7. The first kappa shape index (κ1) is 28.6. The van der Waals surface area contributed by atoms with Gasteiger partial charge in [0, 0.05) is 18.8 Å². The number of rotatable bonds is 8. The van der Waals surface area contributed by atoms with Crippen molar-refractivity contribution < 1.29 is 27.2 Å². The van der Waals surface area contributed by atoms with E-state index in [0.717, 1.165) is 17.0 Å². The van der Waals surface area contributed by atoms with Gasteiger partial charge >= 0.3 is 0 Å². The van der Waals surface area contributed by atoms with Gasteiger partial charge in [0.25, 0.3) is 11.8 Å². The van der Waals surface area contributed by atoms with Gasteiger partial charge in [-0.15, -0.1) is 0 Å². The van der Waals surface area contributed by atoms with Crippen molar-refractivity contribution in [2.24, 2.45) is 0 Å². The number of nitrogens with one attached hydrogen (secondary N) is 2. The Morgan fingerprint density at radius 3 is 2.59 bits per heavy atom. The SMILES string of the molecule is CCN(CC)CCN1C(=O)c2c(C)c(C=C3C(=O)Nc4ncnc(Nc5ccc(F)c(Cl)c5)c43)n(F)c2C(F)C1F. The first-order valence-corrected chi connectivity index (χ1v) is 13.3. The van der Waals surface area contributed by atoms with E-state index in [9.17, 15) is 14.0 Å². The lowest BCUT2D eigenvalue weighted by Crippen LogP contribution is -2.48. The summed E-state index contributed by atoms with van der Waals surface area (Å²) in [6.07, 6.45) is -2.51. The molecule has 0 radical (unpaired) electrons. The molecular weight excluding hydrogens is 566 g/mol. The highest BCUT2D eigenvalue weighted by molar-refractivity contribution is 6.35. The van der Waals surface area contributed by atoms with Crippen molar-refractivity contribution in [3.8, 4) is 0 Å². The van der Waals surface area contributed by atoms with Crippen LogP contribution in [0.2, 0.25) is 5.02 Å². The van der Waals surface area contributed by atoms with Crippen molar-refractivity contribution in [1.82, 2.24) is 24.6 Å². The van der Waals surface area contributed by atoms with E-state index in [0.29, 0.717) is 25.3 Å². The van der Waals surface area contributed by atoms with E-state index in [1.54, 1.807) is 0 Å². The van der Waals surface area contributed by atoms with Crippen molar-refractivity contribution in [3.05, 3.63) is 63.4 Å². The Morgan fingerprint density at radius 2 is 1.90 bits per heavy atom. The number of alkyl halides is 2. The van der Waals surface area contributed by atoms with Gasteiger partial charge in [0.1, 0.15) is 29.5 Å². The Morgan fingerprint density at radius 1 is 1.17 bits per heavy atom. The van der Waals surface area contributed by atoms with Crippen LogP contribution >= 0.6 is 11.6 Å². The third-order valence-electron chi connectivity index (χ3n) is 7.32. The molecule has 2 aromatic heterocycles. The molecule has 0 fully saturated rings. The van der Waals surface area contributed by atoms with Crippen LogP contribution < -0.4 is 10.6 Å². The van der Waals surface area contributed by atoms with Crippen molar-refractivity contribution in [3.63, 3.8) is 0 Å². The predicted octanol–water partition coefficient (Wildman–Crippen LogP) is 5.45. The number of aromatic nitrogens is 3. The highest BCUT2D eigenvalue weighted by atomic mass is 35.5. The number of amides is 2. The van der Waals surface area contributed by atoms with Gasteiger partial charge in [-0.2, -0.15) is 4.79 Å². The van der Waals surface area contributed by atoms with Gasteiger partial charge in [0.15, 0.2) is 6.17 Å². The summed E-state index contributed by atoms with van der Waals surface area (Å²) in [7, 11) is 0. The van der Waals surface area contributed by atoms with Crippen LogP contribution in [0.4, 0.5) is 35.0 Å². The second kappa shape index (κ2) is 11.1. The fraction of sp³-hybridized carbons (Fsp3) is 0.333. The lowest BCUT2D eigenvalue weighted by Gasteiger charge is -2.34. The molecule has 0 saturated carbocycles. The minimum atomic E-state index is -2.44. The van der Waals surface area contributed by atoms with E-state index in [-0.39, 0.29) is 55.9 Å². The first-order valence-electron chi connectivity index (χ1n) is 12.9. The minimum Gasteiger partial charge on any atom is -0.339 e. The number of benzene rings is 1. The number of likely N-dealkylation sites (N-methyl/N-ethyl adjacent to an activating group) is 1. The van der Waals surface area contributed by atoms with Crippen LogP contribution in [0.15, 0.2) is 24.5 Å². The molecule has 0 aliphatic carbocycles. The molecule has 14 heteroatoms. The van der Waals surface area contributed by atoms with Gasteiger partial charge in [0.05, 0.1) is 27.4 Å². The fourth-order valence-corrected chi connectivity index (χ4v) is 5.22. The molecule has 0 spiro atoms. The number of hydrogen-bond donors (Lipinski definition) is 2. The zero-order valence-electron chi connectivity index (χ0n) is 22.3. The summed E-state index contributed by atoms with van der Waals surface area (Å²) in [5, 5.41) is 5.34. The molecule has 0 saturated heterocycles. The lowest BCUT2D eigenvalue weighted by atomic mass is 10.00. The maximum absolute atomic E-state index is 15.7. The van der Waals surface area contributed by atoms with E-state index in [1.807, 2.05) is 18.7 Å². The zero-order chi connectivity index (χ0) is 29.6. The van der Waals surface area contributed by atoms with E-state index in [4.69, 9.17) is 11.6 Å². The molecule has 0 bridgehead atoms. The van der Waals surface area contributed by atoms with Crippen LogP contribution in [0.5, 0.6) is 0 Å². The van der Waals surface area contributed by atoms with Crippen LogP contribution in [0.3, 0.4) is 0 Å². The molecule has 3 aromatic rings. The molecule has 2 aliphatic heterocycles. The Bertz CT molecular complexity index is 1570. The Balaban J connectivity index is 1.55. The number of anilines is 3. The minimum absolute atomic E-state index is 0.0420. The molecule has 2 atom stereocenters. The lowest BCUT2D eigenvalue weighted by molar-refractivity contribution is -0.110. The second-order valence-corrected chi connectivity index (χ2v) is 9.97. The second-order valence-electron chi connectivity index (χ2n) is 9.56. The number of nitrogens with zero attached hydrogens (tertiary/aromatic N) is 5. The summed E-state index contributed by atoms with van der Waals surface area (Å²) in [6.45, 7) is 6.79. The quantitative estimate of drug-likeness (QED) is 0.205. The zero-order valence-corrected chi connectivity index (χ0v) is 23.1. The highest BCUT2D eigenvalue weighted by Crippen LogP contribution is 2.42. The third-order valence-corrected chi connectivity index (χ3v) is 7.61. The number of fused-ring (bicyclic) bond motifs is 2. The molecule has 4 heterocycles. The van der Waals surface area contributed by atoms with Crippen LogP contribution in [-0.2, 0) is 4.79 Å². The number of halogens is 5. The van der Waals surface area contributed by atoms with Crippen molar-refractivity contribution >= 4 is 52.4 Å². The monoisotopic (exact) mass is 591 g/mol. The standard InChI is InChI=1S/C27H26ClF4N7O2/c1-4-37(5-2)8-9-38-23(31)21(30)22-19(27(38)41)13(3)18(39(22)32)11-15-20-24(33-12-34-25(20)36-26(15)40)35-14-6-7-17(29)16(28)10-14/h6-7,10-12,21,23H,4-5,8-9H2,1-3H3,(H2,33,34,35,36,40). The van der Waals surface area contributed by atoms with Gasteiger partial charge in [-0.1, -0.05) is 29.9 Å². The van der Waals surface area contributed by atoms with Crippen molar-refractivity contribution in [2.45, 2.75) is 33.2 Å². The summed E-state index contributed by atoms with van der Waals surface area (Å²) in [4.78, 5) is 37.1. The number of carbonyl (C=O) groups excluding carboxylic acids is 2. The van der Waals surface area contributed by atoms with Crippen LogP contribution in [-0.4, -0.2) is 68.8 Å². The largest absolute Gasteiger partial charge is 0.339 e. The van der Waals surface area contributed by atoms with Crippen LogP contribution in [0, 0.1) is 12.7 Å². The first-order chi connectivity index (χ1) is 19.6. The molecular formula is C27H26ClF4N7O2. The average Bonchev–Trinajstić information content (AvgIpc) is 3.40. The van der Waals surface area contributed by atoms with Gasteiger partial charge in [0.2, 0.25) is 6.30 Å². The van der Waals surface area contributed by atoms with E-state index < -0.39 is 35.8 Å². The molecule has 2 aliphatic rings. The summed E-state index contributed by atoms with van der Waals surface area (Å²) >= 11 is 5.87. The Kier molecular flexibility index (Phi) is 7.75. The van der Waals surface area contributed by atoms with Gasteiger partial charge in [-0.3, -0.25) is 9.59 Å². The Hall–Kier alpha value is -3.97. The van der Waals surface area contributed by atoms with Gasteiger partial charge in [-0.25, -0.2) is 23.1 Å². The number of hydrogen-bond acceptors (Lipinski definition) is 6. The summed E-state index contributed by atoms with van der Waals surface area (Å²) in [5.74, 6) is -1.90. The fourth-order valence-electron chi connectivity index (χ4n) is 5.04. The molecule has 216 valence electrons. The van der Waals surface area contributed by atoms with E-state index in [1.165, 1.54) is 25.4 Å².